The first-order valence-corrected chi connectivity index (χ1v) is 4.27. The van der Waals surface area contributed by atoms with Crippen LogP contribution in [0.15, 0.2) is 24.3 Å². The minimum atomic E-state index is 0.0665. The number of benzene rings is 1. The van der Waals surface area contributed by atoms with Gasteiger partial charge in [-0.2, -0.15) is 0 Å². The maximum atomic E-state index is 7.16. The third kappa shape index (κ3) is 2.81. The predicted octanol–water partition coefficient (Wildman–Crippen LogP) is 1.56. The third-order valence-corrected chi connectivity index (χ3v) is 1.63. The highest BCUT2D eigenvalue weighted by Crippen LogP contribution is 2.01. The first-order valence-electron chi connectivity index (χ1n) is 3.73. The van der Waals surface area contributed by atoms with Crippen molar-refractivity contribution in [3.05, 3.63) is 35.4 Å². The van der Waals surface area contributed by atoms with E-state index in [1.807, 2.05) is 12.1 Å². The molecule has 3 N–H and O–H groups in total. The van der Waals surface area contributed by atoms with E-state index < -0.39 is 0 Å². The number of halogens is 1. The molecule has 0 fully saturated rings. The number of hydrogen-bond acceptors (Lipinski definition) is 1. The molecule has 0 radical (unpaired) electrons. The number of amidine groups is 1. The first-order chi connectivity index (χ1) is 6.24. The van der Waals surface area contributed by atoms with Gasteiger partial charge in [0.2, 0.25) is 0 Å². The van der Waals surface area contributed by atoms with Crippen LogP contribution < -0.4 is 5.73 Å². The van der Waals surface area contributed by atoms with Crippen molar-refractivity contribution in [1.82, 2.24) is 0 Å². The molecule has 0 aliphatic carbocycles. The molecular formula is C10H9ClN2. The summed E-state index contributed by atoms with van der Waals surface area (Å²) in [5.74, 6) is 6.01. The summed E-state index contributed by atoms with van der Waals surface area (Å²) in [6.07, 6.45) is 0. The van der Waals surface area contributed by atoms with Crippen molar-refractivity contribution in [1.29, 1.82) is 5.41 Å². The molecule has 0 bridgehead atoms. The van der Waals surface area contributed by atoms with Crippen LogP contribution in [-0.2, 0) is 0 Å². The smallest absolute Gasteiger partial charge is 0.122 e. The van der Waals surface area contributed by atoms with E-state index in [0.717, 1.165) is 5.56 Å². The lowest BCUT2D eigenvalue weighted by Crippen LogP contribution is -2.10. The minimum Gasteiger partial charge on any atom is -0.384 e. The number of nitrogens with two attached hydrogens (primary N) is 1. The van der Waals surface area contributed by atoms with Gasteiger partial charge in [-0.15, -0.1) is 11.6 Å². The average molecular weight is 193 g/mol. The van der Waals surface area contributed by atoms with Crippen LogP contribution >= 0.6 is 11.6 Å². The molecule has 1 rings (SSSR count). The molecule has 0 atom stereocenters. The van der Waals surface area contributed by atoms with Crippen molar-refractivity contribution < 1.29 is 0 Å². The van der Waals surface area contributed by atoms with Crippen LogP contribution in [0.1, 0.15) is 11.1 Å². The van der Waals surface area contributed by atoms with E-state index in [2.05, 4.69) is 11.8 Å². The Morgan fingerprint density at radius 2 is 2.00 bits per heavy atom. The lowest BCUT2D eigenvalue weighted by Gasteiger charge is -1.96. The van der Waals surface area contributed by atoms with Crippen LogP contribution in [0.5, 0.6) is 0 Å². The lowest BCUT2D eigenvalue weighted by molar-refractivity contribution is 1.42. The zero-order chi connectivity index (χ0) is 9.68. The minimum absolute atomic E-state index is 0.0665. The van der Waals surface area contributed by atoms with Gasteiger partial charge in [0.15, 0.2) is 0 Å². The average Bonchev–Trinajstić information content (AvgIpc) is 2.15. The van der Waals surface area contributed by atoms with E-state index in [1.54, 1.807) is 12.1 Å². The fraction of sp³-hybridized carbons (Fsp3) is 0.100. The van der Waals surface area contributed by atoms with Crippen molar-refractivity contribution in [3.8, 4) is 11.8 Å². The van der Waals surface area contributed by atoms with Crippen molar-refractivity contribution >= 4 is 17.4 Å². The zero-order valence-electron chi connectivity index (χ0n) is 6.97. The van der Waals surface area contributed by atoms with Gasteiger partial charge in [-0.05, 0) is 12.1 Å². The van der Waals surface area contributed by atoms with Gasteiger partial charge in [0.1, 0.15) is 5.84 Å². The molecule has 1 aromatic carbocycles. The Kier molecular flexibility index (Phi) is 3.36. The van der Waals surface area contributed by atoms with E-state index in [0.29, 0.717) is 11.4 Å². The highest BCUT2D eigenvalue weighted by atomic mass is 35.5. The van der Waals surface area contributed by atoms with Gasteiger partial charge in [0.05, 0.1) is 5.88 Å². The quantitative estimate of drug-likeness (QED) is 0.302. The molecule has 0 aromatic heterocycles. The summed E-state index contributed by atoms with van der Waals surface area (Å²) in [7, 11) is 0. The van der Waals surface area contributed by atoms with Crippen molar-refractivity contribution in [2.24, 2.45) is 5.73 Å². The largest absolute Gasteiger partial charge is 0.384 e. The molecule has 0 amide bonds. The first kappa shape index (κ1) is 9.63. The normalized spacial score (nSPS) is 8.69. The van der Waals surface area contributed by atoms with E-state index in [-0.39, 0.29) is 5.84 Å². The molecule has 2 nitrogen and oxygen atoms in total. The van der Waals surface area contributed by atoms with Gasteiger partial charge >= 0.3 is 0 Å². The van der Waals surface area contributed by atoms with E-state index >= 15 is 0 Å². The standard InChI is InChI=1S/C10H9ClN2/c11-7-1-2-8-3-5-9(6-4-8)10(12)13/h3-6H,7H2,(H3,12,13). The Labute approximate surface area is 82.2 Å². The highest BCUT2D eigenvalue weighted by molar-refractivity contribution is 6.19. The molecule has 0 aliphatic rings. The molecule has 0 unspecified atom stereocenters. The summed E-state index contributed by atoms with van der Waals surface area (Å²) in [6, 6.07) is 7.16. The molecule has 13 heavy (non-hydrogen) atoms. The van der Waals surface area contributed by atoms with Crippen LogP contribution in [-0.4, -0.2) is 11.7 Å². The third-order valence-electron chi connectivity index (χ3n) is 1.50. The summed E-state index contributed by atoms with van der Waals surface area (Å²) >= 11 is 5.41. The van der Waals surface area contributed by atoms with Gasteiger partial charge in [-0.3, -0.25) is 5.41 Å². The Morgan fingerprint density at radius 1 is 1.38 bits per heavy atom. The number of nitrogens with one attached hydrogen (secondary N) is 1. The van der Waals surface area contributed by atoms with Crippen molar-refractivity contribution in [2.75, 3.05) is 5.88 Å². The SMILES string of the molecule is N=C(N)c1ccc(C#CCCl)cc1. The van der Waals surface area contributed by atoms with Gasteiger partial charge in [0.25, 0.3) is 0 Å². The second-order valence-corrected chi connectivity index (χ2v) is 2.69. The predicted molar refractivity (Wildman–Crippen MR) is 55.1 cm³/mol. The second kappa shape index (κ2) is 4.54. The molecule has 0 spiro atoms. The lowest BCUT2D eigenvalue weighted by atomic mass is 10.1. The van der Waals surface area contributed by atoms with Crippen LogP contribution in [0.2, 0.25) is 0 Å². The van der Waals surface area contributed by atoms with Crippen LogP contribution in [0.4, 0.5) is 0 Å². The van der Waals surface area contributed by atoms with Gasteiger partial charge < -0.3 is 5.73 Å². The Balaban J connectivity index is 2.87. The molecule has 3 heteroatoms. The fourth-order valence-electron chi connectivity index (χ4n) is 0.869. The Morgan fingerprint density at radius 3 is 2.46 bits per heavy atom. The Hall–Kier alpha value is -1.46. The van der Waals surface area contributed by atoms with Crippen LogP contribution in [0, 0.1) is 17.3 Å². The van der Waals surface area contributed by atoms with E-state index in [9.17, 15) is 0 Å². The summed E-state index contributed by atoms with van der Waals surface area (Å²) in [5, 5.41) is 7.16. The Bertz CT molecular complexity index is 357. The summed E-state index contributed by atoms with van der Waals surface area (Å²) in [6.45, 7) is 0. The van der Waals surface area contributed by atoms with Gasteiger partial charge in [-0.1, -0.05) is 24.0 Å². The van der Waals surface area contributed by atoms with E-state index in [4.69, 9.17) is 22.7 Å². The van der Waals surface area contributed by atoms with Gasteiger partial charge in [0, 0.05) is 11.1 Å². The highest BCUT2D eigenvalue weighted by Gasteiger charge is 1.93. The van der Waals surface area contributed by atoms with Crippen molar-refractivity contribution in [2.45, 2.75) is 0 Å². The number of rotatable bonds is 1. The summed E-state index contributed by atoms with van der Waals surface area (Å²) in [5.41, 5.74) is 6.88. The molecule has 0 aliphatic heterocycles. The maximum Gasteiger partial charge on any atom is 0.122 e. The number of hydrogen-bond donors (Lipinski definition) is 2. The molecule has 0 saturated carbocycles. The monoisotopic (exact) mass is 192 g/mol. The van der Waals surface area contributed by atoms with Crippen LogP contribution in [0.25, 0.3) is 0 Å². The topological polar surface area (TPSA) is 49.9 Å². The van der Waals surface area contributed by atoms with E-state index in [1.165, 1.54) is 0 Å². The molecular weight excluding hydrogens is 184 g/mol. The molecule has 0 heterocycles. The fourth-order valence-corrected chi connectivity index (χ4v) is 0.935. The molecule has 66 valence electrons. The molecule has 1 aromatic rings. The number of nitrogen functional groups attached to an aromatic ring is 1. The van der Waals surface area contributed by atoms with Crippen molar-refractivity contribution in [3.63, 3.8) is 0 Å². The maximum absolute atomic E-state index is 7.16. The summed E-state index contributed by atoms with van der Waals surface area (Å²) in [4.78, 5) is 0. The number of alkyl halides is 1. The van der Waals surface area contributed by atoms with Crippen LogP contribution in [0.3, 0.4) is 0 Å². The summed E-state index contributed by atoms with van der Waals surface area (Å²) < 4.78 is 0. The van der Waals surface area contributed by atoms with Gasteiger partial charge in [-0.25, -0.2) is 0 Å². The molecule has 0 saturated heterocycles. The second-order valence-electron chi connectivity index (χ2n) is 2.43. The zero-order valence-corrected chi connectivity index (χ0v) is 7.73.